The Labute approximate surface area is 167 Å². The van der Waals surface area contributed by atoms with Gasteiger partial charge in [-0.25, -0.2) is 4.98 Å². The van der Waals surface area contributed by atoms with E-state index in [-0.39, 0.29) is 19.0 Å². The molecule has 4 rings (SSSR count). The van der Waals surface area contributed by atoms with Crippen LogP contribution in [0.3, 0.4) is 0 Å². The summed E-state index contributed by atoms with van der Waals surface area (Å²) in [6.07, 6.45) is -0.666. The zero-order valence-electron chi connectivity index (χ0n) is 16.1. The number of H-pyrrole nitrogens is 1. The lowest BCUT2D eigenvalue weighted by Gasteiger charge is -2.20. The Hall–Kier alpha value is -2.94. The van der Waals surface area contributed by atoms with Crippen molar-refractivity contribution in [2.24, 2.45) is 0 Å². The summed E-state index contributed by atoms with van der Waals surface area (Å²) in [6.45, 7) is 1.61. The van der Waals surface area contributed by atoms with Crippen molar-refractivity contribution in [3.63, 3.8) is 0 Å². The molecule has 0 radical (unpaired) electrons. The summed E-state index contributed by atoms with van der Waals surface area (Å²) in [6, 6.07) is 12.9. The van der Waals surface area contributed by atoms with E-state index >= 15 is 0 Å². The van der Waals surface area contributed by atoms with Crippen LogP contribution in [-0.2, 0) is 17.9 Å². The second-order valence-corrected chi connectivity index (χ2v) is 7.08. The highest BCUT2D eigenvalue weighted by molar-refractivity contribution is 5.77. The molecular weight excluding hydrogens is 374 g/mol. The maximum atomic E-state index is 12.1. The maximum absolute atomic E-state index is 12.1. The number of rotatable bonds is 8. The van der Waals surface area contributed by atoms with Gasteiger partial charge in [0, 0.05) is 6.54 Å². The number of fused-ring (bicyclic) bond motifs is 2. The first-order valence-electron chi connectivity index (χ1n) is 9.39. The topological polar surface area (TPSA) is 96.9 Å². The zero-order chi connectivity index (χ0) is 20.2. The molecule has 0 spiro atoms. The molecule has 1 aliphatic heterocycles. The summed E-state index contributed by atoms with van der Waals surface area (Å²) >= 11 is 0. The van der Waals surface area contributed by atoms with Crippen molar-refractivity contribution < 1.29 is 19.3 Å². The van der Waals surface area contributed by atoms with E-state index in [0.717, 1.165) is 11.3 Å². The molecule has 1 atom stereocenters. The summed E-state index contributed by atoms with van der Waals surface area (Å²) in [4.78, 5) is 21.3. The van der Waals surface area contributed by atoms with E-state index in [2.05, 4.69) is 9.97 Å². The van der Waals surface area contributed by atoms with Gasteiger partial charge < -0.3 is 24.3 Å². The summed E-state index contributed by atoms with van der Waals surface area (Å²) < 4.78 is 16.3. The Morgan fingerprint density at radius 1 is 1.24 bits per heavy atom. The van der Waals surface area contributed by atoms with Gasteiger partial charge in [0.15, 0.2) is 11.5 Å². The molecule has 2 heterocycles. The van der Waals surface area contributed by atoms with Crippen molar-refractivity contribution in [2.45, 2.75) is 19.3 Å². The molecule has 0 saturated carbocycles. The predicted molar refractivity (Wildman–Crippen MR) is 107 cm³/mol. The summed E-state index contributed by atoms with van der Waals surface area (Å²) in [5.41, 5.74) is 1.45. The molecule has 0 aliphatic carbocycles. The fraction of sp³-hybridized carbons (Fsp3) is 0.333. The molecular formula is C21H23N3O5. The van der Waals surface area contributed by atoms with Crippen molar-refractivity contribution in [1.29, 1.82) is 0 Å². The van der Waals surface area contributed by atoms with Crippen LogP contribution in [0, 0.1) is 0 Å². The number of hydrogen-bond acceptors (Lipinski definition) is 7. The van der Waals surface area contributed by atoms with Crippen LogP contribution in [0.1, 0.15) is 11.4 Å². The van der Waals surface area contributed by atoms with E-state index in [9.17, 15) is 9.90 Å². The van der Waals surface area contributed by atoms with E-state index in [0.29, 0.717) is 42.2 Å². The number of aromatic amines is 1. The van der Waals surface area contributed by atoms with Crippen LogP contribution >= 0.6 is 0 Å². The lowest BCUT2D eigenvalue weighted by molar-refractivity contribution is 0.0124. The lowest BCUT2D eigenvalue weighted by Crippen LogP contribution is -2.32. The molecule has 29 heavy (non-hydrogen) atoms. The Morgan fingerprint density at radius 2 is 2.07 bits per heavy atom. The number of aromatic nitrogens is 2. The Kier molecular flexibility index (Phi) is 5.75. The zero-order valence-corrected chi connectivity index (χ0v) is 16.1. The number of ether oxygens (including phenoxy) is 3. The van der Waals surface area contributed by atoms with Gasteiger partial charge in [-0.1, -0.05) is 18.2 Å². The smallest absolute Gasteiger partial charge is 0.258 e. The van der Waals surface area contributed by atoms with E-state index in [1.54, 1.807) is 6.07 Å². The number of aliphatic hydroxyl groups excluding tert-OH is 1. The van der Waals surface area contributed by atoms with E-state index in [1.807, 2.05) is 48.3 Å². The van der Waals surface area contributed by atoms with Crippen LogP contribution in [0.5, 0.6) is 11.5 Å². The monoisotopic (exact) mass is 397 g/mol. The highest BCUT2D eigenvalue weighted by atomic mass is 16.7. The third kappa shape index (κ3) is 4.73. The van der Waals surface area contributed by atoms with Crippen molar-refractivity contribution in [3.05, 3.63) is 64.2 Å². The van der Waals surface area contributed by atoms with Gasteiger partial charge in [-0.15, -0.1) is 0 Å². The van der Waals surface area contributed by atoms with E-state index < -0.39 is 6.10 Å². The Morgan fingerprint density at radius 3 is 2.97 bits per heavy atom. The van der Waals surface area contributed by atoms with Gasteiger partial charge in [-0.05, 0) is 36.9 Å². The number of likely N-dealkylation sites (N-methyl/N-ethyl adjacent to an activating group) is 1. The first kappa shape index (κ1) is 19.4. The Bertz CT molecular complexity index is 1050. The van der Waals surface area contributed by atoms with Crippen molar-refractivity contribution in [3.8, 4) is 11.5 Å². The number of para-hydroxylation sites is 1. The molecule has 0 saturated heterocycles. The van der Waals surface area contributed by atoms with E-state index in [1.165, 1.54) is 0 Å². The van der Waals surface area contributed by atoms with Gasteiger partial charge in [-0.3, -0.25) is 9.69 Å². The first-order valence-corrected chi connectivity index (χ1v) is 9.39. The molecule has 2 N–H and O–H groups in total. The minimum Gasteiger partial charge on any atom is -0.454 e. The number of benzene rings is 2. The standard InChI is InChI=1S/C21H23N3O5/c1-24(10-20-22-17-5-3-2-4-16(17)21(26)23-20)9-15(25)12-27-11-14-6-7-18-19(8-14)29-13-28-18/h2-8,15,25H,9-13H2,1H3,(H,22,23,26)/t15-/m1/s1. The minimum atomic E-state index is -0.666. The third-order valence-corrected chi connectivity index (χ3v) is 4.62. The highest BCUT2D eigenvalue weighted by Gasteiger charge is 2.14. The van der Waals surface area contributed by atoms with Crippen LogP contribution in [0.15, 0.2) is 47.3 Å². The largest absolute Gasteiger partial charge is 0.454 e. The average molecular weight is 397 g/mol. The highest BCUT2D eigenvalue weighted by Crippen LogP contribution is 2.32. The van der Waals surface area contributed by atoms with Crippen molar-refractivity contribution >= 4 is 10.9 Å². The quantitative estimate of drug-likeness (QED) is 0.597. The third-order valence-electron chi connectivity index (χ3n) is 4.62. The number of aliphatic hydroxyl groups is 1. The summed E-state index contributed by atoms with van der Waals surface area (Å²) in [7, 11) is 1.86. The maximum Gasteiger partial charge on any atom is 0.258 e. The SMILES string of the molecule is CN(Cc1nc2ccccc2c(=O)[nH]1)C[C@@H](O)COCc1ccc2c(c1)OCO2. The molecule has 3 aromatic rings. The normalized spacial score (nSPS) is 13.9. The molecule has 2 aromatic carbocycles. The van der Waals surface area contributed by atoms with Crippen LogP contribution in [0.2, 0.25) is 0 Å². The van der Waals surface area contributed by atoms with Gasteiger partial charge in [0.05, 0.1) is 36.8 Å². The molecule has 0 fully saturated rings. The number of nitrogens with zero attached hydrogens (tertiary/aromatic N) is 2. The van der Waals surface area contributed by atoms with Crippen LogP contribution in [-0.4, -0.2) is 53.1 Å². The lowest BCUT2D eigenvalue weighted by atomic mass is 10.2. The average Bonchev–Trinajstić information content (AvgIpc) is 3.16. The number of nitrogens with one attached hydrogen (secondary N) is 1. The van der Waals surface area contributed by atoms with Gasteiger partial charge in [0.25, 0.3) is 5.56 Å². The molecule has 152 valence electrons. The van der Waals surface area contributed by atoms with Gasteiger partial charge >= 0.3 is 0 Å². The second kappa shape index (κ2) is 8.60. The van der Waals surface area contributed by atoms with Crippen molar-refractivity contribution in [2.75, 3.05) is 27.0 Å². The van der Waals surface area contributed by atoms with E-state index in [4.69, 9.17) is 14.2 Å². The predicted octanol–water partition coefficient (Wildman–Crippen LogP) is 1.66. The van der Waals surface area contributed by atoms with Crippen LogP contribution in [0.25, 0.3) is 10.9 Å². The molecule has 1 aromatic heterocycles. The summed E-state index contributed by atoms with van der Waals surface area (Å²) in [5.74, 6) is 2.00. The van der Waals surface area contributed by atoms with Crippen LogP contribution < -0.4 is 15.0 Å². The number of hydrogen-bond donors (Lipinski definition) is 2. The molecule has 8 nitrogen and oxygen atoms in total. The van der Waals surface area contributed by atoms with Gasteiger partial charge in [-0.2, -0.15) is 0 Å². The molecule has 0 unspecified atom stereocenters. The van der Waals surface area contributed by atoms with Crippen molar-refractivity contribution in [1.82, 2.24) is 14.9 Å². The molecule has 8 heteroatoms. The second-order valence-electron chi connectivity index (χ2n) is 7.08. The Balaban J connectivity index is 1.26. The molecule has 1 aliphatic rings. The molecule has 0 amide bonds. The fourth-order valence-electron chi connectivity index (χ4n) is 3.29. The first-order chi connectivity index (χ1) is 14.1. The fourth-order valence-corrected chi connectivity index (χ4v) is 3.29. The molecule has 0 bridgehead atoms. The summed E-state index contributed by atoms with van der Waals surface area (Å²) in [5, 5.41) is 10.8. The van der Waals surface area contributed by atoms with Crippen LogP contribution in [0.4, 0.5) is 0 Å². The van der Waals surface area contributed by atoms with Gasteiger partial charge in [0.1, 0.15) is 5.82 Å². The minimum absolute atomic E-state index is 0.161. The van der Waals surface area contributed by atoms with Gasteiger partial charge in [0.2, 0.25) is 6.79 Å².